The molecular formula is C12H18BrNS. The lowest BCUT2D eigenvalue weighted by molar-refractivity contribution is 0.0724. The molecule has 0 aromatic carbocycles. The molecule has 1 nitrogen and oxygen atoms in total. The Labute approximate surface area is 104 Å². The molecule has 0 amide bonds. The first-order valence-electron chi connectivity index (χ1n) is 5.53. The van der Waals surface area contributed by atoms with Crippen LogP contribution in [0.2, 0.25) is 0 Å². The van der Waals surface area contributed by atoms with Crippen molar-refractivity contribution in [2.45, 2.75) is 39.2 Å². The summed E-state index contributed by atoms with van der Waals surface area (Å²) >= 11 is 5.52. The topological polar surface area (TPSA) is 12.0 Å². The molecule has 2 rings (SSSR count). The normalized spacial score (nSPS) is 28.8. The minimum absolute atomic E-state index is 0.392. The van der Waals surface area contributed by atoms with Crippen LogP contribution in [0.1, 0.15) is 38.0 Å². The quantitative estimate of drug-likeness (QED) is 0.886. The van der Waals surface area contributed by atoms with Crippen LogP contribution in [0.4, 0.5) is 0 Å². The summed E-state index contributed by atoms with van der Waals surface area (Å²) in [6.45, 7) is 8.01. The Bertz CT molecular complexity index is 345. The van der Waals surface area contributed by atoms with Gasteiger partial charge >= 0.3 is 0 Å². The molecule has 1 aromatic rings. The van der Waals surface area contributed by atoms with Crippen molar-refractivity contribution in [2.75, 3.05) is 6.54 Å². The van der Waals surface area contributed by atoms with E-state index in [4.69, 9.17) is 0 Å². The Hall–Kier alpha value is 0.140. The van der Waals surface area contributed by atoms with Gasteiger partial charge in [-0.3, -0.25) is 0 Å². The Morgan fingerprint density at radius 3 is 2.80 bits per heavy atom. The summed E-state index contributed by atoms with van der Waals surface area (Å²) in [5, 5.41) is 5.75. The highest BCUT2D eigenvalue weighted by Crippen LogP contribution is 2.55. The van der Waals surface area contributed by atoms with Crippen LogP contribution in [-0.4, -0.2) is 12.6 Å². The van der Waals surface area contributed by atoms with Gasteiger partial charge in [-0.25, -0.2) is 0 Å². The van der Waals surface area contributed by atoms with Gasteiger partial charge < -0.3 is 5.32 Å². The van der Waals surface area contributed by atoms with Crippen LogP contribution in [0.3, 0.4) is 0 Å². The maximum atomic E-state index is 3.64. The van der Waals surface area contributed by atoms with Crippen LogP contribution in [-0.2, 0) is 0 Å². The van der Waals surface area contributed by atoms with Crippen LogP contribution in [0, 0.1) is 5.41 Å². The summed E-state index contributed by atoms with van der Waals surface area (Å²) in [5.74, 6) is 0.718. The summed E-state index contributed by atoms with van der Waals surface area (Å²) < 4.78 is 1.29. The molecule has 84 valence electrons. The Kier molecular flexibility index (Phi) is 3.25. The molecule has 1 N–H and O–H groups in total. The van der Waals surface area contributed by atoms with E-state index < -0.39 is 0 Å². The lowest BCUT2D eigenvalue weighted by Gasteiger charge is -2.52. The molecular weight excluding hydrogens is 270 g/mol. The minimum Gasteiger partial charge on any atom is -0.314 e. The van der Waals surface area contributed by atoms with Crippen LogP contribution < -0.4 is 5.32 Å². The molecule has 2 unspecified atom stereocenters. The van der Waals surface area contributed by atoms with E-state index >= 15 is 0 Å². The van der Waals surface area contributed by atoms with E-state index in [0.29, 0.717) is 11.5 Å². The standard InChI is InChI=1S/C12H18BrNS/c1-4-14-10-7-8(12(10,2)3)11-9(13)5-6-15-11/h5-6,8,10,14H,4,7H2,1-3H3. The van der Waals surface area contributed by atoms with Crippen LogP contribution in [0.15, 0.2) is 15.9 Å². The second-order valence-corrected chi connectivity index (χ2v) is 6.65. The minimum atomic E-state index is 0.392. The molecule has 0 saturated heterocycles. The largest absolute Gasteiger partial charge is 0.314 e. The molecule has 1 aliphatic rings. The number of rotatable bonds is 3. The highest BCUT2D eigenvalue weighted by molar-refractivity contribution is 9.10. The van der Waals surface area contributed by atoms with Gasteiger partial charge in [0.25, 0.3) is 0 Å². The fraction of sp³-hybridized carbons (Fsp3) is 0.667. The number of nitrogens with one attached hydrogen (secondary N) is 1. The lowest BCUT2D eigenvalue weighted by atomic mass is 9.58. The molecule has 1 saturated carbocycles. The SMILES string of the molecule is CCNC1CC(c2sccc2Br)C1(C)C. The maximum absolute atomic E-state index is 3.64. The molecule has 2 atom stereocenters. The van der Waals surface area contributed by atoms with E-state index in [-0.39, 0.29) is 0 Å². The van der Waals surface area contributed by atoms with E-state index in [1.54, 1.807) is 0 Å². The van der Waals surface area contributed by atoms with Crippen LogP contribution in [0.5, 0.6) is 0 Å². The molecule has 0 aliphatic heterocycles. The van der Waals surface area contributed by atoms with Crippen LogP contribution in [0.25, 0.3) is 0 Å². The summed E-state index contributed by atoms with van der Waals surface area (Å²) in [6, 6.07) is 2.85. The smallest absolute Gasteiger partial charge is 0.0317 e. The second kappa shape index (κ2) is 4.19. The molecule has 15 heavy (non-hydrogen) atoms. The highest BCUT2D eigenvalue weighted by atomic mass is 79.9. The monoisotopic (exact) mass is 287 g/mol. The van der Waals surface area contributed by atoms with Crippen molar-refractivity contribution >= 4 is 27.3 Å². The van der Waals surface area contributed by atoms with Gasteiger partial charge in [0.2, 0.25) is 0 Å². The zero-order chi connectivity index (χ0) is 11.1. The third-order valence-electron chi connectivity index (χ3n) is 3.68. The van der Waals surface area contributed by atoms with Crippen molar-refractivity contribution in [3.05, 3.63) is 20.8 Å². The van der Waals surface area contributed by atoms with Gasteiger partial charge in [-0.05, 0) is 45.8 Å². The Balaban J connectivity index is 2.13. The van der Waals surface area contributed by atoms with Gasteiger partial charge in [0, 0.05) is 21.3 Å². The highest BCUT2D eigenvalue weighted by Gasteiger charge is 2.49. The predicted molar refractivity (Wildman–Crippen MR) is 70.6 cm³/mol. The van der Waals surface area contributed by atoms with E-state index in [1.807, 2.05) is 11.3 Å². The summed E-state index contributed by atoms with van der Waals surface area (Å²) in [6.07, 6.45) is 1.28. The third-order valence-corrected chi connectivity index (χ3v) is 5.66. The fourth-order valence-electron chi connectivity index (χ4n) is 2.52. The van der Waals surface area contributed by atoms with Gasteiger partial charge in [0.1, 0.15) is 0 Å². The fourth-order valence-corrected chi connectivity index (χ4v) is 4.48. The van der Waals surface area contributed by atoms with E-state index in [0.717, 1.165) is 12.5 Å². The lowest BCUT2D eigenvalue weighted by Crippen LogP contribution is -2.55. The van der Waals surface area contributed by atoms with Gasteiger partial charge in [0.15, 0.2) is 0 Å². The molecule has 0 bridgehead atoms. The number of hydrogen-bond acceptors (Lipinski definition) is 2. The van der Waals surface area contributed by atoms with Crippen molar-refractivity contribution in [1.82, 2.24) is 5.32 Å². The first-order chi connectivity index (χ1) is 7.07. The average molecular weight is 288 g/mol. The molecule has 1 aromatic heterocycles. The summed E-state index contributed by atoms with van der Waals surface area (Å²) in [5.41, 5.74) is 0.392. The zero-order valence-electron chi connectivity index (χ0n) is 9.51. The van der Waals surface area contributed by atoms with Crippen molar-refractivity contribution in [3.8, 4) is 0 Å². The number of halogens is 1. The van der Waals surface area contributed by atoms with Crippen molar-refractivity contribution in [2.24, 2.45) is 5.41 Å². The van der Waals surface area contributed by atoms with Gasteiger partial charge in [-0.2, -0.15) is 0 Å². The molecule has 1 fully saturated rings. The van der Waals surface area contributed by atoms with Crippen LogP contribution >= 0.6 is 27.3 Å². The summed E-state index contributed by atoms with van der Waals surface area (Å²) in [7, 11) is 0. The first kappa shape index (κ1) is 11.6. The predicted octanol–water partition coefficient (Wildman–Crippen LogP) is 4.00. The summed E-state index contributed by atoms with van der Waals surface area (Å²) in [4.78, 5) is 1.52. The molecule has 1 aliphatic carbocycles. The zero-order valence-corrected chi connectivity index (χ0v) is 11.9. The molecule has 0 spiro atoms. The van der Waals surface area contributed by atoms with E-state index in [2.05, 4.69) is 53.5 Å². The van der Waals surface area contributed by atoms with Crippen molar-refractivity contribution < 1.29 is 0 Å². The van der Waals surface area contributed by atoms with Gasteiger partial charge in [-0.15, -0.1) is 11.3 Å². The number of thiophene rings is 1. The average Bonchev–Trinajstić information content (AvgIpc) is 2.58. The third kappa shape index (κ3) is 1.90. The Morgan fingerprint density at radius 1 is 1.60 bits per heavy atom. The van der Waals surface area contributed by atoms with E-state index in [9.17, 15) is 0 Å². The molecule has 3 heteroatoms. The Morgan fingerprint density at radius 2 is 2.33 bits per heavy atom. The van der Waals surface area contributed by atoms with Crippen molar-refractivity contribution in [1.29, 1.82) is 0 Å². The molecule has 0 radical (unpaired) electrons. The van der Waals surface area contributed by atoms with Gasteiger partial charge in [0.05, 0.1) is 0 Å². The van der Waals surface area contributed by atoms with E-state index in [1.165, 1.54) is 15.8 Å². The van der Waals surface area contributed by atoms with Crippen molar-refractivity contribution in [3.63, 3.8) is 0 Å². The maximum Gasteiger partial charge on any atom is 0.0317 e. The molecule has 1 heterocycles. The number of hydrogen-bond donors (Lipinski definition) is 1. The van der Waals surface area contributed by atoms with Gasteiger partial charge in [-0.1, -0.05) is 20.8 Å². The first-order valence-corrected chi connectivity index (χ1v) is 7.21. The second-order valence-electron chi connectivity index (χ2n) is 4.85.